The number of anilines is 1. The van der Waals surface area contributed by atoms with Gasteiger partial charge in [-0.25, -0.2) is 4.79 Å². The third-order valence-corrected chi connectivity index (χ3v) is 4.84. The van der Waals surface area contributed by atoms with E-state index in [1.54, 1.807) is 26.0 Å². The zero-order valence-corrected chi connectivity index (χ0v) is 15.8. The van der Waals surface area contributed by atoms with Gasteiger partial charge in [0.25, 0.3) is 5.91 Å². The molecule has 2 aromatic heterocycles. The Morgan fingerprint density at radius 2 is 1.96 bits per heavy atom. The minimum absolute atomic E-state index is 0.176. The number of hydrogen-bond donors (Lipinski definition) is 1. The lowest BCUT2D eigenvalue weighted by atomic mass is 10.2. The van der Waals surface area contributed by atoms with Gasteiger partial charge in [-0.1, -0.05) is 18.2 Å². The SMILES string of the molecule is CCOC(=O)c1sc(NC(=O)c2occc2COc2ccccc2)cc1C. The highest BCUT2D eigenvalue weighted by Crippen LogP contribution is 2.28. The fourth-order valence-electron chi connectivity index (χ4n) is 2.44. The second-order valence-electron chi connectivity index (χ2n) is 5.67. The Kier molecular flexibility index (Phi) is 5.93. The zero-order chi connectivity index (χ0) is 19.2. The van der Waals surface area contributed by atoms with Gasteiger partial charge in [0.1, 0.15) is 17.2 Å². The fraction of sp³-hybridized carbons (Fsp3) is 0.200. The van der Waals surface area contributed by atoms with Gasteiger partial charge in [-0.05, 0) is 43.7 Å². The smallest absolute Gasteiger partial charge is 0.348 e. The van der Waals surface area contributed by atoms with Crippen molar-refractivity contribution in [3.8, 4) is 5.75 Å². The number of nitrogens with one attached hydrogen (secondary N) is 1. The predicted octanol–water partition coefficient (Wildman–Crippen LogP) is 4.66. The van der Waals surface area contributed by atoms with Gasteiger partial charge in [0, 0.05) is 5.56 Å². The largest absolute Gasteiger partial charge is 0.489 e. The van der Waals surface area contributed by atoms with E-state index in [2.05, 4.69) is 5.32 Å². The average molecular weight is 385 g/mol. The molecule has 3 rings (SSSR count). The van der Waals surface area contributed by atoms with Gasteiger partial charge < -0.3 is 19.2 Å². The highest BCUT2D eigenvalue weighted by molar-refractivity contribution is 7.18. The Morgan fingerprint density at radius 1 is 1.19 bits per heavy atom. The Labute approximate surface area is 160 Å². The highest BCUT2D eigenvalue weighted by atomic mass is 32.1. The first-order valence-corrected chi connectivity index (χ1v) is 9.23. The van der Waals surface area contributed by atoms with Crippen LogP contribution in [0.1, 0.15) is 38.3 Å². The maximum atomic E-state index is 12.6. The summed E-state index contributed by atoms with van der Waals surface area (Å²) in [5, 5.41) is 3.31. The topological polar surface area (TPSA) is 77.8 Å². The molecule has 0 aliphatic heterocycles. The molecule has 0 saturated carbocycles. The summed E-state index contributed by atoms with van der Waals surface area (Å²) in [4.78, 5) is 24.9. The number of amides is 1. The zero-order valence-electron chi connectivity index (χ0n) is 15.0. The summed E-state index contributed by atoms with van der Waals surface area (Å²) in [6.07, 6.45) is 1.45. The van der Waals surface area contributed by atoms with Crippen LogP contribution in [0.3, 0.4) is 0 Å². The van der Waals surface area contributed by atoms with Gasteiger partial charge in [0.05, 0.1) is 17.9 Å². The van der Waals surface area contributed by atoms with Gasteiger partial charge in [0.15, 0.2) is 5.76 Å². The van der Waals surface area contributed by atoms with Crippen LogP contribution >= 0.6 is 11.3 Å². The molecule has 0 radical (unpaired) electrons. The van der Waals surface area contributed by atoms with Crippen LogP contribution in [0.15, 0.2) is 53.1 Å². The number of para-hydroxylation sites is 1. The second kappa shape index (κ2) is 8.55. The molecule has 1 N–H and O–H groups in total. The first-order valence-electron chi connectivity index (χ1n) is 8.41. The van der Waals surface area contributed by atoms with Crippen molar-refractivity contribution in [3.05, 3.63) is 70.5 Å². The molecule has 0 atom stereocenters. The van der Waals surface area contributed by atoms with Crippen molar-refractivity contribution in [1.29, 1.82) is 0 Å². The van der Waals surface area contributed by atoms with E-state index in [-0.39, 0.29) is 12.4 Å². The minimum Gasteiger partial charge on any atom is -0.489 e. The molecule has 0 saturated heterocycles. The predicted molar refractivity (Wildman–Crippen MR) is 102 cm³/mol. The van der Waals surface area contributed by atoms with E-state index in [0.717, 1.165) is 5.56 Å². The number of hydrogen-bond acceptors (Lipinski definition) is 6. The van der Waals surface area contributed by atoms with E-state index in [1.807, 2.05) is 30.3 Å². The first-order chi connectivity index (χ1) is 13.1. The van der Waals surface area contributed by atoms with Crippen molar-refractivity contribution < 1.29 is 23.5 Å². The molecule has 1 amide bonds. The molecule has 140 valence electrons. The summed E-state index contributed by atoms with van der Waals surface area (Å²) >= 11 is 1.17. The van der Waals surface area contributed by atoms with Crippen LogP contribution in [0.2, 0.25) is 0 Å². The normalized spacial score (nSPS) is 10.4. The third-order valence-electron chi connectivity index (χ3n) is 3.71. The Hall–Kier alpha value is -3.06. The molecule has 2 heterocycles. The van der Waals surface area contributed by atoms with E-state index in [4.69, 9.17) is 13.9 Å². The van der Waals surface area contributed by atoms with Crippen LogP contribution in [0.5, 0.6) is 5.75 Å². The third kappa shape index (κ3) is 4.57. The molecule has 0 fully saturated rings. The summed E-state index contributed by atoms with van der Waals surface area (Å²) < 4.78 is 16.0. The van der Waals surface area contributed by atoms with Crippen molar-refractivity contribution in [1.82, 2.24) is 0 Å². The Balaban J connectivity index is 1.68. The van der Waals surface area contributed by atoms with Crippen molar-refractivity contribution in [2.75, 3.05) is 11.9 Å². The van der Waals surface area contributed by atoms with E-state index in [0.29, 0.717) is 27.8 Å². The summed E-state index contributed by atoms with van der Waals surface area (Å²) in [7, 11) is 0. The maximum Gasteiger partial charge on any atom is 0.348 e. The number of aryl methyl sites for hydroxylation is 1. The number of ether oxygens (including phenoxy) is 2. The summed E-state index contributed by atoms with van der Waals surface area (Å²) in [5.41, 5.74) is 1.39. The van der Waals surface area contributed by atoms with Gasteiger partial charge >= 0.3 is 5.97 Å². The summed E-state index contributed by atoms with van der Waals surface area (Å²) in [6.45, 7) is 4.06. The number of furan rings is 1. The molecule has 1 aromatic carbocycles. The molecule has 7 heteroatoms. The molecule has 0 bridgehead atoms. The van der Waals surface area contributed by atoms with Gasteiger partial charge in [0.2, 0.25) is 0 Å². The molecule has 0 spiro atoms. The standard InChI is InChI=1S/C20H19NO5S/c1-3-24-20(23)18-13(2)11-16(27-18)21-19(22)17-14(9-10-25-17)12-26-15-7-5-4-6-8-15/h4-11H,3,12H2,1-2H3,(H,21,22). The number of thiophene rings is 1. The van der Waals surface area contributed by atoms with Gasteiger partial charge in [-0.15, -0.1) is 11.3 Å². The molecular formula is C20H19NO5S. The number of carbonyl (C=O) groups excluding carboxylic acids is 2. The lowest BCUT2D eigenvalue weighted by Gasteiger charge is -2.06. The van der Waals surface area contributed by atoms with E-state index >= 15 is 0 Å². The minimum atomic E-state index is -0.400. The molecule has 3 aromatic rings. The van der Waals surface area contributed by atoms with Crippen molar-refractivity contribution in [2.24, 2.45) is 0 Å². The number of rotatable bonds is 7. The van der Waals surface area contributed by atoms with Crippen LogP contribution < -0.4 is 10.1 Å². The van der Waals surface area contributed by atoms with Crippen molar-refractivity contribution in [3.63, 3.8) is 0 Å². The van der Waals surface area contributed by atoms with Crippen LogP contribution in [0.25, 0.3) is 0 Å². The Morgan fingerprint density at radius 3 is 2.70 bits per heavy atom. The molecule has 0 aliphatic rings. The lowest BCUT2D eigenvalue weighted by molar-refractivity contribution is 0.0531. The maximum absolute atomic E-state index is 12.6. The monoisotopic (exact) mass is 385 g/mol. The van der Waals surface area contributed by atoms with Crippen LogP contribution in [-0.2, 0) is 11.3 Å². The summed E-state index contributed by atoms with van der Waals surface area (Å²) in [5.74, 6) is 0.0893. The highest BCUT2D eigenvalue weighted by Gasteiger charge is 2.20. The summed E-state index contributed by atoms with van der Waals surface area (Å²) in [6, 6.07) is 12.8. The van der Waals surface area contributed by atoms with Crippen LogP contribution in [0, 0.1) is 6.92 Å². The number of carbonyl (C=O) groups is 2. The van der Waals surface area contributed by atoms with Gasteiger partial charge in [-0.2, -0.15) is 0 Å². The van der Waals surface area contributed by atoms with Crippen LogP contribution in [-0.4, -0.2) is 18.5 Å². The molecular weight excluding hydrogens is 366 g/mol. The second-order valence-corrected chi connectivity index (χ2v) is 6.73. The average Bonchev–Trinajstić information content (AvgIpc) is 3.27. The fourth-order valence-corrected chi connectivity index (χ4v) is 3.40. The molecule has 0 aliphatic carbocycles. The van der Waals surface area contributed by atoms with Gasteiger partial charge in [-0.3, -0.25) is 4.79 Å². The quantitative estimate of drug-likeness (QED) is 0.599. The number of benzene rings is 1. The first kappa shape index (κ1) is 18.7. The van der Waals surface area contributed by atoms with E-state index in [9.17, 15) is 9.59 Å². The lowest BCUT2D eigenvalue weighted by Crippen LogP contribution is -2.13. The molecule has 27 heavy (non-hydrogen) atoms. The molecule has 6 nitrogen and oxygen atoms in total. The van der Waals surface area contributed by atoms with E-state index < -0.39 is 11.9 Å². The van der Waals surface area contributed by atoms with E-state index in [1.165, 1.54) is 17.6 Å². The molecule has 0 unspecified atom stereocenters. The number of esters is 1. The Bertz CT molecular complexity index is 929. The van der Waals surface area contributed by atoms with Crippen LogP contribution in [0.4, 0.5) is 5.00 Å². The van der Waals surface area contributed by atoms with Crippen molar-refractivity contribution in [2.45, 2.75) is 20.5 Å². The van der Waals surface area contributed by atoms with Crippen molar-refractivity contribution >= 4 is 28.2 Å².